The summed E-state index contributed by atoms with van der Waals surface area (Å²) in [5, 5.41) is 0.357. The molecule has 0 aromatic carbocycles. The first kappa shape index (κ1) is 13.7. The molecule has 0 bridgehead atoms. The van der Waals surface area contributed by atoms with Gasteiger partial charge in [0.2, 0.25) is 5.91 Å². The summed E-state index contributed by atoms with van der Waals surface area (Å²) < 4.78 is 0. The van der Waals surface area contributed by atoms with Crippen LogP contribution in [0.5, 0.6) is 0 Å². The Morgan fingerprint density at radius 1 is 1.43 bits per heavy atom. The van der Waals surface area contributed by atoms with Gasteiger partial charge >= 0.3 is 0 Å². The first-order chi connectivity index (χ1) is 6.45. The molecule has 0 aliphatic rings. The van der Waals surface area contributed by atoms with Crippen LogP contribution in [0.1, 0.15) is 27.2 Å². The fourth-order valence-corrected chi connectivity index (χ4v) is 1.16. The molecule has 2 atom stereocenters. The molecule has 4 N–H and O–H groups in total. The minimum Gasteiger partial charge on any atom is -0.368 e. The van der Waals surface area contributed by atoms with Gasteiger partial charge in [-0.3, -0.25) is 10.2 Å². The maximum atomic E-state index is 11.0. The van der Waals surface area contributed by atoms with Gasteiger partial charge in [-0.15, -0.1) is 0 Å². The van der Waals surface area contributed by atoms with E-state index in [0.29, 0.717) is 5.25 Å². The molecule has 0 aliphatic heterocycles. The van der Waals surface area contributed by atoms with Crippen molar-refractivity contribution in [2.75, 3.05) is 6.54 Å². The van der Waals surface area contributed by atoms with Crippen molar-refractivity contribution in [3.05, 3.63) is 0 Å². The quantitative estimate of drug-likeness (QED) is 0.283. The molecule has 0 radical (unpaired) electrons. The van der Waals surface area contributed by atoms with E-state index in [1.807, 2.05) is 20.8 Å². The molecule has 0 fully saturated rings. The summed E-state index contributed by atoms with van der Waals surface area (Å²) in [6, 6.07) is -0.315. The van der Waals surface area contributed by atoms with Crippen LogP contribution in [0.3, 0.4) is 0 Å². The van der Waals surface area contributed by atoms with Gasteiger partial charge in [0.15, 0.2) is 0 Å². The number of amides is 1. The van der Waals surface area contributed by atoms with E-state index in [2.05, 4.69) is 23.5 Å². The summed E-state index contributed by atoms with van der Waals surface area (Å²) in [5.74, 6) is -0.139. The minimum atomic E-state index is -0.327. The number of rotatable bonds is 7. The average Bonchev–Trinajstić information content (AvgIpc) is 2.01. The van der Waals surface area contributed by atoms with E-state index in [0.717, 1.165) is 13.0 Å². The van der Waals surface area contributed by atoms with Gasteiger partial charge in [-0.1, -0.05) is 20.8 Å². The predicted molar refractivity (Wildman–Crippen MR) is 62.0 cm³/mol. The third kappa shape index (κ3) is 6.23. The SMILES string of the molecule is CC(S)CCNN[C@H](C(N)=O)C(C)C. The first-order valence-electron chi connectivity index (χ1n) is 4.91. The summed E-state index contributed by atoms with van der Waals surface area (Å²) in [5.41, 5.74) is 11.1. The largest absolute Gasteiger partial charge is 0.368 e. The first-order valence-corrected chi connectivity index (χ1v) is 5.42. The number of nitrogens with two attached hydrogens (primary N) is 1. The van der Waals surface area contributed by atoms with Crippen molar-refractivity contribution in [1.29, 1.82) is 0 Å². The fourth-order valence-electron chi connectivity index (χ4n) is 1.03. The number of carbonyl (C=O) groups excluding carboxylic acids is 1. The van der Waals surface area contributed by atoms with E-state index < -0.39 is 0 Å². The maximum Gasteiger partial charge on any atom is 0.236 e. The van der Waals surface area contributed by atoms with Gasteiger partial charge in [0, 0.05) is 11.8 Å². The monoisotopic (exact) mass is 219 g/mol. The third-order valence-electron chi connectivity index (χ3n) is 1.92. The van der Waals surface area contributed by atoms with Crippen molar-refractivity contribution in [2.45, 2.75) is 38.5 Å². The van der Waals surface area contributed by atoms with E-state index in [4.69, 9.17) is 5.73 Å². The summed E-state index contributed by atoms with van der Waals surface area (Å²) in [6.45, 7) is 6.71. The van der Waals surface area contributed by atoms with Gasteiger partial charge in [0.05, 0.1) is 0 Å². The number of primary amides is 1. The lowest BCUT2D eigenvalue weighted by molar-refractivity contribution is -0.121. The highest BCUT2D eigenvalue weighted by Crippen LogP contribution is 2.00. The van der Waals surface area contributed by atoms with Crippen LogP contribution >= 0.6 is 12.6 Å². The molecule has 84 valence electrons. The van der Waals surface area contributed by atoms with Crippen molar-refractivity contribution in [1.82, 2.24) is 10.9 Å². The molecule has 0 saturated carbocycles. The third-order valence-corrected chi connectivity index (χ3v) is 2.18. The molecule has 0 rings (SSSR count). The van der Waals surface area contributed by atoms with E-state index in [-0.39, 0.29) is 17.9 Å². The van der Waals surface area contributed by atoms with Crippen LogP contribution in [0.15, 0.2) is 0 Å². The molecular formula is C9H21N3OS. The van der Waals surface area contributed by atoms with E-state index in [1.54, 1.807) is 0 Å². The molecule has 14 heavy (non-hydrogen) atoms. The van der Waals surface area contributed by atoms with Crippen molar-refractivity contribution in [2.24, 2.45) is 11.7 Å². The van der Waals surface area contributed by atoms with Gasteiger partial charge in [-0.2, -0.15) is 12.6 Å². The number of carbonyl (C=O) groups is 1. The Bertz CT molecular complexity index is 173. The summed E-state index contributed by atoms with van der Waals surface area (Å²) >= 11 is 4.24. The summed E-state index contributed by atoms with van der Waals surface area (Å²) in [6.07, 6.45) is 0.944. The maximum absolute atomic E-state index is 11.0. The Morgan fingerprint density at radius 2 is 2.00 bits per heavy atom. The fraction of sp³-hybridized carbons (Fsp3) is 0.889. The molecule has 1 unspecified atom stereocenters. The minimum absolute atomic E-state index is 0.188. The standard InChI is InChI=1S/C9H21N3OS/c1-6(2)8(9(10)13)12-11-5-4-7(3)14/h6-8,11-12,14H,4-5H2,1-3H3,(H2,10,13)/t7?,8-/m0/s1. The molecule has 4 nitrogen and oxygen atoms in total. The van der Waals surface area contributed by atoms with Crippen LogP contribution in [0.2, 0.25) is 0 Å². The molecule has 0 spiro atoms. The molecule has 5 heteroatoms. The molecular weight excluding hydrogens is 198 g/mol. The Kier molecular flexibility index (Phi) is 6.96. The lowest BCUT2D eigenvalue weighted by Crippen LogP contribution is -2.51. The number of thiol groups is 1. The number of nitrogens with one attached hydrogen (secondary N) is 2. The zero-order chi connectivity index (χ0) is 11.1. The highest BCUT2D eigenvalue weighted by molar-refractivity contribution is 7.80. The Labute approximate surface area is 91.4 Å². The van der Waals surface area contributed by atoms with Gasteiger partial charge in [0.25, 0.3) is 0 Å². The summed E-state index contributed by atoms with van der Waals surface area (Å²) in [7, 11) is 0. The Balaban J connectivity index is 3.67. The molecule has 0 heterocycles. The van der Waals surface area contributed by atoms with Crippen LogP contribution < -0.4 is 16.6 Å². The van der Waals surface area contributed by atoms with Gasteiger partial charge < -0.3 is 5.73 Å². The van der Waals surface area contributed by atoms with Gasteiger partial charge in [-0.05, 0) is 12.3 Å². The van der Waals surface area contributed by atoms with Crippen molar-refractivity contribution in [3.8, 4) is 0 Å². The highest BCUT2D eigenvalue weighted by atomic mass is 32.1. The van der Waals surface area contributed by atoms with Crippen LogP contribution in [0, 0.1) is 5.92 Å². The number of hydrazine groups is 1. The molecule has 0 aliphatic carbocycles. The normalized spacial score (nSPS) is 15.5. The van der Waals surface area contributed by atoms with Gasteiger partial charge in [-0.25, -0.2) is 5.43 Å². The molecule has 1 amide bonds. The zero-order valence-electron chi connectivity index (χ0n) is 9.08. The highest BCUT2D eigenvalue weighted by Gasteiger charge is 2.17. The second kappa shape index (κ2) is 7.09. The van der Waals surface area contributed by atoms with Gasteiger partial charge in [0.1, 0.15) is 6.04 Å². The summed E-state index contributed by atoms with van der Waals surface area (Å²) in [4.78, 5) is 11.0. The Morgan fingerprint density at radius 3 is 2.36 bits per heavy atom. The van der Waals surface area contributed by atoms with Crippen molar-refractivity contribution in [3.63, 3.8) is 0 Å². The van der Waals surface area contributed by atoms with Crippen molar-refractivity contribution >= 4 is 18.5 Å². The number of hydrogen-bond acceptors (Lipinski definition) is 4. The zero-order valence-corrected chi connectivity index (χ0v) is 9.97. The smallest absolute Gasteiger partial charge is 0.236 e. The van der Waals surface area contributed by atoms with Crippen LogP contribution in [-0.2, 0) is 4.79 Å². The lowest BCUT2D eigenvalue weighted by atomic mass is 10.1. The van der Waals surface area contributed by atoms with E-state index in [1.165, 1.54) is 0 Å². The van der Waals surface area contributed by atoms with Crippen LogP contribution in [0.4, 0.5) is 0 Å². The van der Waals surface area contributed by atoms with E-state index >= 15 is 0 Å². The molecule has 0 aromatic rings. The predicted octanol–water partition coefficient (Wildman–Crippen LogP) is 0.299. The molecule has 0 saturated heterocycles. The Hall–Kier alpha value is -0.260. The van der Waals surface area contributed by atoms with Crippen LogP contribution in [0.25, 0.3) is 0 Å². The average molecular weight is 219 g/mol. The van der Waals surface area contributed by atoms with Crippen molar-refractivity contribution < 1.29 is 4.79 Å². The topological polar surface area (TPSA) is 67.2 Å². The number of hydrogen-bond donors (Lipinski definition) is 4. The second-order valence-corrected chi connectivity index (χ2v) is 4.71. The second-order valence-electron chi connectivity index (χ2n) is 3.83. The van der Waals surface area contributed by atoms with E-state index in [9.17, 15) is 4.79 Å². The lowest BCUT2D eigenvalue weighted by Gasteiger charge is -2.19. The molecule has 0 aromatic heterocycles. The van der Waals surface area contributed by atoms with Crippen LogP contribution in [-0.4, -0.2) is 23.7 Å².